The summed E-state index contributed by atoms with van der Waals surface area (Å²) in [5.41, 5.74) is 7.95. The number of anilines is 2. The molecular weight excluding hydrogens is 316 g/mol. The zero-order valence-electron chi connectivity index (χ0n) is 14.5. The van der Waals surface area contributed by atoms with Crippen molar-refractivity contribution in [3.63, 3.8) is 0 Å². The number of nitrogens with two attached hydrogens (primary N) is 1. The molecule has 1 atom stereocenters. The quantitative estimate of drug-likeness (QED) is 0.768. The second kappa shape index (κ2) is 6.29. The summed E-state index contributed by atoms with van der Waals surface area (Å²) in [5.74, 6) is 1.16. The third-order valence-corrected chi connectivity index (χ3v) is 4.87. The maximum absolute atomic E-state index is 6.08. The maximum atomic E-state index is 6.08. The van der Waals surface area contributed by atoms with Crippen molar-refractivity contribution < 1.29 is 0 Å². The second-order valence-corrected chi connectivity index (χ2v) is 6.37. The minimum absolute atomic E-state index is 0.300. The Morgan fingerprint density at radius 3 is 2.64 bits per heavy atom. The molecule has 0 bridgehead atoms. The largest absolute Gasteiger partial charge is 0.383 e. The molecule has 130 valence electrons. The predicted octanol–water partition coefficient (Wildman–Crippen LogP) is 1.22. The fraction of sp³-hybridized carbons (Fsp3) is 0.412. The average molecular weight is 338 g/mol. The van der Waals surface area contributed by atoms with Crippen LogP contribution in [0.25, 0.3) is 11.0 Å². The van der Waals surface area contributed by atoms with Crippen LogP contribution < -0.4 is 10.6 Å². The molecule has 1 unspecified atom stereocenters. The van der Waals surface area contributed by atoms with Crippen LogP contribution in [-0.4, -0.2) is 55.8 Å². The summed E-state index contributed by atoms with van der Waals surface area (Å²) in [6.07, 6.45) is 3.56. The lowest BCUT2D eigenvalue weighted by molar-refractivity contribution is 0.194. The Morgan fingerprint density at radius 2 is 1.92 bits per heavy atom. The number of aryl methyl sites for hydroxylation is 1. The summed E-state index contributed by atoms with van der Waals surface area (Å²) in [7, 11) is 1.87. The van der Waals surface area contributed by atoms with Crippen molar-refractivity contribution in [2.75, 3.05) is 36.8 Å². The number of nitrogens with zero attached hydrogens (tertiary/aromatic N) is 7. The van der Waals surface area contributed by atoms with E-state index in [4.69, 9.17) is 5.73 Å². The predicted molar refractivity (Wildman–Crippen MR) is 97.2 cm³/mol. The van der Waals surface area contributed by atoms with E-state index in [-0.39, 0.29) is 0 Å². The van der Waals surface area contributed by atoms with Crippen molar-refractivity contribution in [2.45, 2.75) is 13.0 Å². The first-order chi connectivity index (χ1) is 12.1. The molecule has 1 aliphatic rings. The van der Waals surface area contributed by atoms with Crippen molar-refractivity contribution in [2.24, 2.45) is 7.05 Å². The molecule has 8 heteroatoms. The minimum atomic E-state index is 0.300. The fourth-order valence-electron chi connectivity index (χ4n) is 3.29. The van der Waals surface area contributed by atoms with Crippen LogP contribution in [0.5, 0.6) is 0 Å². The molecule has 3 aromatic heterocycles. The van der Waals surface area contributed by atoms with Crippen LogP contribution in [-0.2, 0) is 7.05 Å². The molecule has 1 fully saturated rings. The number of pyridine rings is 1. The Labute approximate surface area is 146 Å². The highest BCUT2D eigenvalue weighted by atomic mass is 15.4. The van der Waals surface area contributed by atoms with Gasteiger partial charge in [-0.15, -0.1) is 0 Å². The average Bonchev–Trinajstić information content (AvgIpc) is 3.04. The number of rotatable bonds is 3. The van der Waals surface area contributed by atoms with Gasteiger partial charge in [-0.3, -0.25) is 14.6 Å². The van der Waals surface area contributed by atoms with Crippen molar-refractivity contribution in [3.05, 3.63) is 36.3 Å². The summed E-state index contributed by atoms with van der Waals surface area (Å²) in [4.78, 5) is 18.2. The third kappa shape index (κ3) is 2.89. The highest BCUT2D eigenvalue weighted by Gasteiger charge is 2.24. The Balaban J connectivity index is 1.49. The summed E-state index contributed by atoms with van der Waals surface area (Å²) < 4.78 is 1.73. The summed E-state index contributed by atoms with van der Waals surface area (Å²) in [6, 6.07) is 6.37. The minimum Gasteiger partial charge on any atom is -0.383 e. The van der Waals surface area contributed by atoms with Gasteiger partial charge in [-0.25, -0.2) is 0 Å². The van der Waals surface area contributed by atoms with Gasteiger partial charge in [-0.1, -0.05) is 6.07 Å². The number of nitrogen functional groups attached to an aromatic ring is 1. The van der Waals surface area contributed by atoms with E-state index in [1.165, 1.54) is 0 Å². The van der Waals surface area contributed by atoms with Gasteiger partial charge in [0.2, 0.25) is 5.95 Å². The maximum Gasteiger partial charge on any atom is 0.229 e. The molecule has 0 saturated carbocycles. The molecule has 0 radical (unpaired) electrons. The van der Waals surface area contributed by atoms with E-state index in [9.17, 15) is 0 Å². The van der Waals surface area contributed by atoms with E-state index in [1.807, 2.05) is 25.4 Å². The molecule has 1 saturated heterocycles. The zero-order valence-corrected chi connectivity index (χ0v) is 14.5. The topological polar surface area (TPSA) is 89.0 Å². The van der Waals surface area contributed by atoms with Gasteiger partial charge in [-0.05, 0) is 19.1 Å². The lowest BCUT2D eigenvalue weighted by atomic mass is 10.1. The molecule has 2 N–H and O–H groups in total. The van der Waals surface area contributed by atoms with Crippen LogP contribution in [0.2, 0.25) is 0 Å². The highest BCUT2D eigenvalue weighted by Crippen LogP contribution is 2.24. The Morgan fingerprint density at radius 1 is 1.12 bits per heavy atom. The first kappa shape index (κ1) is 15.8. The number of aromatic nitrogens is 5. The van der Waals surface area contributed by atoms with Crippen LogP contribution in [0, 0.1) is 0 Å². The van der Waals surface area contributed by atoms with Gasteiger partial charge in [0.1, 0.15) is 5.82 Å². The van der Waals surface area contributed by atoms with E-state index in [1.54, 1.807) is 10.9 Å². The number of fused-ring (bicyclic) bond motifs is 1. The fourth-order valence-corrected chi connectivity index (χ4v) is 3.29. The molecule has 3 aromatic rings. The molecule has 0 aliphatic carbocycles. The van der Waals surface area contributed by atoms with Gasteiger partial charge in [0.25, 0.3) is 0 Å². The lowest BCUT2D eigenvalue weighted by Gasteiger charge is -2.37. The van der Waals surface area contributed by atoms with Gasteiger partial charge in [0.15, 0.2) is 5.65 Å². The SMILES string of the molecule is CC(c1ccccn1)N1CCN(c2nc(N)c3cnn(C)c3n2)CC1. The van der Waals surface area contributed by atoms with E-state index >= 15 is 0 Å². The first-order valence-corrected chi connectivity index (χ1v) is 8.48. The summed E-state index contributed by atoms with van der Waals surface area (Å²) in [6.45, 7) is 5.79. The van der Waals surface area contributed by atoms with Crippen LogP contribution in [0.3, 0.4) is 0 Å². The Bertz CT molecular complexity index is 867. The summed E-state index contributed by atoms with van der Waals surface area (Å²) >= 11 is 0. The molecule has 1 aliphatic heterocycles. The molecule has 0 amide bonds. The van der Waals surface area contributed by atoms with Crippen molar-refractivity contribution in [1.82, 2.24) is 29.6 Å². The van der Waals surface area contributed by atoms with Crippen LogP contribution in [0.15, 0.2) is 30.6 Å². The van der Waals surface area contributed by atoms with Gasteiger partial charge >= 0.3 is 0 Å². The monoisotopic (exact) mass is 338 g/mol. The molecule has 8 nitrogen and oxygen atoms in total. The van der Waals surface area contributed by atoms with E-state index < -0.39 is 0 Å². The van der Waals surface area contributed by atoms with Gasteiger partial charge in [0, 0.05) is 45.5 Å². The van der Waals surface area contributed by atoms with Crippen molar-refractivity contribution in [3.8, 4) is 0 Å². The van der Waals surface area contributed by atoms with Gasteiger partial charge in [-0.2, -0.15) is 15.1 Å². The lowest BCUT2D eigenvalue weighted by Crippen LogP contribution is -2.47. The number of hydrogen-bond acceptors (Lipinski definition) is 7. The normalized spacial score (nSPS) is 17.1. The number of hydrogen-bond donors (Lipinski definition) is 1. The Hall–Kier alpha value is -2.74. The first-order valence-electron chi connectivity index (χ1n) is 8.48. The zero-order chi connectivity index (χ0) is 17.4. The number of piperazine rings is 1. The smallest absolute Gasteiger partial charge is 0.229 e. The van der Waals surface area contributed by atoms with E-state index in [0.29, 0.717) is 17.8 Å². The standard InChI is InChI=1S/C17H22N8/c1-12(14-5-3-4-6-19-14)24-7-9-25(10-8-24)17-21-15(18)13-11-20-23(2)16(13)22-17/h3-6,11-12H,7-10H2,1-2H3,(H2,18,21,22). The molecule has 0 aromatic carbocycles. The van der Waals surface area contributed by atoms with Crippen molar-refractivity contribution in [1.29, 1.82) is 0 Å². The van der Waals surface area contributed by atoms with Gasteiger partial charge < -0.3 is 10.6 Å². The molecular formula is C17H22N8. The molecule has 4 heterocycles. The van der Waals surface area contributed by atoms with Crippen LogP contribution >= 0.6 is 0 Å². The van der Waals surface area contributed by atoms with E-state index in [2.05, 4.69) is 42.8 Å². The van der Waals surface area contributed by atoms with E-state index in [0.717, 1.165) is 42.9 Å². The van der Waals surface area contributed by atoms with Crippen LogP contribution in [0.1, 0.15) is 18.7 Å². The third-order valence-electron chi connectivity index (χ3n) is 4.87. The highest BCUT2D eigenvalue weighted by molar-refractivity contribution is 5.86. The van der Waals surface area contributed by atoms with Crippen LogP contribution in [0.4, 0.5) is 11.8 Å². The van der Waals surface area contributed by atoms with Gasteiger partial charge in [0.05, 0.1) is 17.3 Å². The second-order valence-electron chi connectivity index (χ2n) is 6.37. The van der Waals surface area contributed by atoms with Crippen molar-refractivity contribution >= 4 is 22.8 Å². The molecule has 4 rings (SSSR count). The summed E-state index contributed by atoms with van der Waals surface area (Å²) in [5, 5.41) is 5.01. The Kier molecular flexibility index (Phi) is 3.96. The molecule has 0 spiro atoms. The molecule has 25 heavy (non-hydrogen) atoms.